The zero-order chi connectivity index (χ0) is 19.2. The molecule has 0 fully saturated rings. The van der Waals surface area contributed by atoms with Crippen molar-refractivity contribution in [3.63, 3.8) is 0 Å². The smallest absolute Gasteiger partial charge is 0.262 e. The van der Waals surface area contributed by atoms with E-state index in [4.69, 9.17) is 8.37 Å². The molecule has 8 heteroatoms. The van der Waals surface area contributed by atoms with E-state index in [-0.39, 0.29) is 23.0 Å². The van der Waals surface area contributed by atoms with Crippen molar-refractivity contribution in [1.29, 1.82) is 0 Å². The van der Waals surface area contributed by atoms with Gasteiger partial charge in [0.25, 0.3) is 20.2 Å². The van der Waals surface area contributed by atoms with Gasteiger partial charge in [0, 0.05) is 0 Å². The van der Waals surface area contributed by atoms with E-state index >= 15 is 0 Å². The summed E-state index contributed by atoms with van der Waals surface area (Å²) in [7, 11) is -7.70. The Morgan fingerprint density at radius 1 is 0.654 bits per heavy atom. The highest BCUT2D eigenvalue weighted by molar-refractivity contribution is 7.87. The maximum absolute atomic E-state index is 12.0. The molecule has 0 N–H and O–H groups in total. The molecule has 0 atom stereocenters. The first-order valence-corrected chi connectivity index (χ1v) is 10.6. The number of benzene rings is 2. The van der Waals surface area contributed by atoms with Gasteiger partial charge in [0.15, 0.2) is 0 Å². The van der Waals surface area contributed by atoms with Crippen LogP contribution in [0.15, 0.2) is 70.5 Å². The van der Waals surface area contributed by atoms with Crippen molar-refractivity contribution in [1.82, 2.24) is 0 Å². The zero-order valence-electron chi connectivity index (χ0n) is 14.5. The summed E-state index contributed by atoms with van der Waals surface area (Å²) in [6, 6.07) is 12.6. The minimum atomic E-state index is -3.85. The maximum atomic E-state index is 12.0. The Morgan fingerprint density at radius 2 is 0.962 bits per heavy atom. The summed E-state index contributed by atoms with van der Waals surface area (Å²) < 4.78 is 57.6. The SMILES string of the molecule is Cc1ccc(S(=O)(=O)OCC=CCOS(=O)(=O)c2ccc(C)cc2)cc1. The van der Waals surface area contributed by atoms with Crippen LogP contribution in [-0.4, -0.2) is 30.0 Å². The molecule has 0 saturated carbocycles. The normalized spacial score (nSPS) is 12.5. The third-order valence-electron chi connectivity index (χ3n) is 3.42. The first-order valence-electron chi connectivity index (χ1n) is 7.78. The van der Waals surface area contributed by atoms with Crippen molar-refractivity contribution in [3.8, 4) is 0 Å². The van der Waals surface area contributed by atoms with Gasteiger partial charge in [-0.25, -0.2) is 0 Å². The van der Waals surface area contributed by atoms with Crippen molar-refractivity contribution >= 4 is 20.2 Å². The van der Waals surface area contributed by atoms with Crippen LogP contribution >= 0.6 is 0 Å². The molecule has 0 spiro atoms. The number of hydrogen-bond donors (Lipinski definition) is 0. The van der Waals surface area contributed by atoms with E-state index in [1.165, 1.54) is 36.4 Å². The van der Waals surface area contributed by atoms with Gasteiger partial charge in [-0.05, 0) is 38.1 Å². The third-order valence-corrected chi connectivity index (χ3v) is 6.02. The molecule has 0 bridgehead atoms. The molecule has 140 valence electrons. The van der Waals surface area contributed by atoms with Crippen LogP contribution in [0.1, 0.15) is 11.1 Å². The maximum Gasteiger partial charge on any atom is 0.297 e. The number of hydrogen-bond acceptors (Lipinski definition) is 6. The Morgan fingerprint density at radius 3 is 1.27 bits per heavy atom. The lowest BCUT2D eigenvalue weighted by Gasteiger charge is -2.04. The highest BCUT2D eigenvalue weighted by atomic mass is 32.2. The van der Waals surface area contributed by atoms with E-state index in [0.29, 0.717) is 0 Å². The van der Waals surface area contributed by atoms with Crippen LogP contribution < -0.4 is 0 Å². The second-order valence-electron chi connectivity index (χ2n) is 5.57. The first-order chi connectivity index (χ1) is 12.2. The molecule has 2 aromatic rings. The lowest BCUT2D eigenvalue weighted by atomic mass is 10.2. The van der Waals surface area contributed by atoms with Crippen LogP contribution in [0.25, 0.3) is 0 Å². The largest absolute Gasteiger partial charge is 0.297 e. The van der Waals surface area contributed by atoms with E-state index in [0.717, 1.165) is 11.1 Å². The lowest BCUT2D eigenvalue weighted by molar-refractivity contribution is 0.345. The first kappa shape index (κ1) is 20.3. The molecule has 0 amide bonds. The lowest BCUT2D eigenvalue weighted by Crippen LogP contribution is -2.08. The predicted molar refractivity (Wildman–Crippen MR) is 97.8 cm³/mol. The highest BCUT2D eigenvalue weighted by Gasteiger charge is 2.15. The van der Waals surface area contributed by atoms with E-state index in [1.54, 1.807) is 24.3 Å². The monoisotopic (exact) mass is 396 g/mol. The Hall–Kier alpha value is -2.00. The third kappa shape index (κ3) is 5.77. The Bertz CT molecular complexity index is 876. The minimum Gasteiger partial charge on any atom is -0.262 e. The van der Waals surface area contributed by atoms with Gasteiger partial charge in [0.2, 0.25) is 0 Å². The molecule has 0 heterocycles. The molecule has 6 nitrogen and oxygen atoms in total. The molecule has 26 heavy (non-hydrogen) atoms. The van der Waals surface area contributed by atoms with E-state index < -0.39 is 20.2 Å². The van der Waals surface area contributed by atoms with Gasteiger partial charge in [-0.15, -0.1) is 0 Å². The second kappa shape index (κ2) is 8.59. The summed E-state index contributed by atoms with van der Waals surface area (Å²) in [6.45, 7) is 3.27. The van der Waals surface area contributed by atoms with Gasteiger partial charge in [0.05, 0.1) is 23.0 Å². The van der Waals surface area contributed by atoms with Gasteiger partial charge in [-0.2, -0.15) is 16.8 Å². The molecule has 0 unspecified atom stereocenters. The fraction of sp³-hybridized carbons (Fsp3) is 0.222. The van der Waals surface area contributed by atoms with Gasteiger partial charge < -0.3 is 0 Å². The summed E-state index contributed by atoms with van der Waals surface area (Å²) in [5, 5.41) is 0. The molecule has 0 aliphatic heterocycles. The van der Waals surface area contributed by atoms with E-state index in [1.807, 2.05) is 13.8 Å². The summed E-state index contributed by atoms with van der Waals surface area (Å²) in [6.07, 6.45) is 2.77. The molecule has 0 radical (unpaired) electrons. The fourth-order valence-electron chi connectivity index (χ4n) is 1.94. The van der Waals surface area contributed by atoms with Crippen LogP contribution in [0.5, 0.6) is 0 Å². The topological polar surface area (TPSA) is 86.7 Å². The quantitative estimate of drug-likeness (QED) is 0.504. The Balaban J connectivity index is 1.84. The van der Waals surface area contributed by atoms with Gasteiger partial charge in [-0.3, -0.25) is 8.37 Å². The molecule has 2 rings (SSSR count). The van der Waals surface area contributed by atoms with E-state index in [9.17, 15) is 16.8 Å². The molecule has 2 aromatic carbocycles. The average Bonchev–Trinajstić information content (AvgIpc) is 2.58. The molecule has 0 aromatic heterocycles. The number of aryl methyl sites for hydroxylation is 2. The summed E-state index contributed by atoms with van der Waals surface area (Å²) >= 11 is 0. The van der Waals surface area contributed by atoms with Crippen molar-refractivity contribution in [3.05, 3.63) is 71.8 Å². The van der Waals surface area contributed by atoms with Crippen molar-refractivity contribution in [2.45, 2.75) is 23.6 Å². The van der Waals surface area contributed by atoms with Crippen LogP contribution in [-0.2, 0) is 28.6 Å². The predicted octanol–water partition coefficient (Wildman–Crippen LogP) is 2.97. The highest BCUT2D eigenvalue weighted by Crippen LogP contribution is 2.14. The molecule has 0 saturated heterocycles. The van der Waals surface area contributed by atoms with Crippen LogP contribution in [0.4, 0.5) is 0 Å². The van der Waals surface area contributed by atoms with Crippen LogP contribution in [0.2, 0.25) is 0 Å². The van der Waals surface area contributed by atoms with Crippen LogP contribution in [0.3, 0.4) is 0 Å². The summed E-state index contributed by atoms with van der Waals surface area (Å²) in [4.78, 5) is 0.129. The summed E-state index contributed by atoms with van der Waals surface area (Å²) in [5.41, 5.74) is 1.88. The Labute approximate surface area is 154 Å². The van der Waals surface area contributed by atoms with Crippen LogP contribution in [0, 0.1) is 13.8 Å². The molecular formula is C18H20O6S2. The van der Waals surface area contributed by atoms with Gasteiger partial charge in [0.1, 0.15) is 0 Å². The minimum absolute atomic E-state index is 0.0645. The van der Waals surface area contributed by atoms with Crippen molar-refractivity contribution < 1.29 is 25.2 Å². The van der Waals surface area contributed by atoms with E-state index in [2.05, 4.69) is 0 Å². The van der Waals surface area contributed by atoms with Crippen molar-refractivity contribution in [2.75, 3.05) is 13.2 Å². The molecule has 0 aliphatic carbocycles. The van der Waals surface area contributed by atoms with Gasteiger partial charge >= 0.3 is 0 Å². The molecular weight excluding hydrogens is 376 g/mol. The standard InChI is InChI=1S/C18H20O6S2/c1-15-5-9-17(10-6-15)25(19,20)23-13-3-4-14-24-26(21,22)18-11-7-16(2)8-12-18/h3-12H,13-14H2,1-2H3. The van der Waals surface area contributed by atoms with Gasteiger partial charge in [-0.1, -0.05) is 47.5 Å². The van der Waals surface area contributed by atoms with Crippen molar-refractivity contribution in [2.24, 2.45) is 0 Å². The zero-order valence-corrected chi connectivity index (χ0v) is 16.1. The number of rotatable bonds is 8. The fourth-order valence-corrected chi connectivity index (χ4v) is 3.67. The summed E-state index contributed by atoms with van der Waals surface area (Å²) in [5.74, 6) is 0. The molecule has 0 aliphatic rings. The second-order valence-corrected chi connectivity index (χ2v) is 8.81. The average molecular weight is 396 g/mol. The Kier molecular flexibility index (Phi) is 6.71.